The molecule has 0 spiro atoms. The topological polar surface area (TPSA) is 46.2 Å². The first-order chi connectivity index (χ1) is 9.90. The molecule has 0 amide bonds. The van der Waals surface area contributed by atoms with Crippen LogP contribution < -0.4 is 4.72 Å². The molecule has 3 nitrogen and oxygen atoms in total. The molecule has 0 bridgehead atoms. The van der Waals surface area contributed by atoms with Gasteiger partial charge in [-0.3, -0.25) is 0 Å². The van der Waals surface area contributed by atoms with Crippen molar-refractivity contribution in [2.45, 2.75) is 31.6 Å². The Morgan fingerprint density at radius 3 is 2.29 bits per heavy atom. The van der Waals surface area contributed by atoms with Crippen molar-refractivity contribution in [3.8, 4) is 0 Å². The second kappa shape index (κ2) is 6.41. The predicted molar refractivity (Wildman–Crippen MR) is 86.0 cm³/mol. The minimum Gasteiger partial charge on any atom is -0.211 e. The van der Waals surface area contributed by atoms with Gasteiger partial charge in [0, 0.05) is 6.54 Å². The molecule has 0 aliphatic rings. The molecule has 0 aliphatic heterocycles. The van der Waals surface area contributed by atoms with Crippen LogP contribution in [0.4, 0.5) is 0 Å². The highest BCUT2D eigenvalue weighted by Crippen LogP contribution is 2.17. The average Bonchev–Trinajstić information content (AvgIpc) is 2.48. The van der Waals surface area contributed by atoms with Gasteiger partial charge in [-0.1, -0.05) is 43.3 Å². The zero-order chi connectivity index (χ0) is 15.5. The van der Waals surface area contributed by atoms with Crippen molar-refractivity contribution in [3.05, 3.63) is 65.2 Å². The largest absolute Gasteiger partial charge is 0.240 e. The summed E-state index contributed by atoms with van der Waals surface area (Å²) in [6, 6.07) is 15.1. The van der Waals surface area contributed by atoms with Gasteiger partial charge in [-0.2, -0.15) is 0 Å². The molecule has 0 aliphatic carbocycles. The van der Waals surface area contributed by atoms with Crippen molar-refractivity contribution in [2.75, 3.05) is 6.54 Å². The van der Waals surface area contributed by atoms with Crippen LogP contribution in [0.2, 0.25) is 0 Å². The summed E-state index contributed by atoms with van der Waals surface area (Å²) in [5, 5.41) is 0. The van der Waals surface area contributed by atoms with E-state index >= 15 is 0 Å². The fourth-order valence-corrected chi connectivity index (χ4v) is 3.31. The first-order valence-corrected chi connectivity index (χ1v) is 8.50. The van der Waals surface area contributed by atoms with Crippen molar-refractivity contribution in [3.63, 3.8) is 0 Å². The average molecular weight is 303 g/mol. The Bertz CT molecular complexity index is 709. The van der Waals surface area contributed by atoms with Gasteiger partial charge in [0.05, 0.1) is 4.90 Å². The first-order valence-electron chi connectivity index (χ1n) is 7.02. The second-order valence-electron chi connectivity index (χ2n) is 5.41. The van der Waals surface area contributed by atoms with Gasteiger partial charge in [-0.15, -0.1) is 0 Å². The Kier molecular flexibility index (Phi) is 4.80. The van der Waals surface area contributed by atoms with Gasteiger partial charge in [0.15, 0.2) is 0 Å². The molecular formula is C17H21NO2S. The van der Waals surface area contributed by atoms with E-state index in [1.54, 1.807) is 12.1 Å². The zero-order valence-electron chi connectivity index (χ0n) is 12.6. The van der Waals surface area contributed by atoms with Crippen LogP contribution in [-0.4, -0.2) is 15.0 Å². The van der Waals surface area contributed by atoms with Crippen LogP contribution in [0.3, 0.4) is 0 Å². The molecule has 21 heavy (non-hydrogen) atoms. The van der Waals surface area contributed by atoms with E-state index in [1.165, 1.54) is 0 Å². The van der Waals surface area contributed by atoms with E-state index in [4.69, 9.17) is 0 Å². The van der Waals surface area contributed by atoms with Crippen LogP contribution in [0.15, 0.2) is 53.4 Å². The summed E-state index contributed by atoms with van der Waals surface area (Å²) < 4.78 is 27.3. The van der Waals surface area contributed by atoms with E-state index in [9.17, 15) is 8.42 Å². The molecule has 0 radical (unpaired) electrons. The summed E-state index contributed by atoms with van der Waals surface area (Å²) in [5.74, 6) is 0.132. The van der Waals surface area contributed by atoms with Crippen LogP contribution in [0.25, 0.3) is 0 Å². The minimum atomic E-state index is -3.45. The van der Waals surface area contributed by atoms with Crippen molar-refractivity contribution >= 4 is 10.0 Å². The fraction of sp³-hybridized carbons (Fsp3) is 0.294. The van der Waals surface area contributed by atoms with Crippen LogP contribution >= 0.6 is 0 Å². The van der Waals surface area contributed by atoms with Gasteiger partial charge in [-0.25, -0.2) is 13.1 Å². The summed E-state index contributed by atoms with van der Waals surface area (Å²) in [6.07, 6.45) is 0. The highest BCUT2D eigenvalue weighted by Gasteiger charge is 2.16. The molecule has 1 N–H and O–H groups in total. The molecule has 112 valence electrons. The number of nitrogens with one attached hydrogen (secondary N) is 1. The summed E-state index contributed by atoms with van der Waals surface area (Å²) in [7, 11) is -3.45. The summed E-state index contributed by atoms with van der Waals surface area (Å²) in [4.78, 5) is 0.325. The maximum absolute atomic E-state index is 12.3. The van der Waals surface area contributed by atoms with E-state index in [2.05, 4.69) is 4.72 Å². The Labute approximate surface area is 127 Å². The van der Waals surface area contributed by atoms with Gasteiger partial charge in [0.2, 0.25) is 10.0 Å². The maximum atomic E-state index is 12.3. The maximum Gasteiger partial charge on any atom is 0.240 e. The van der Waals surface area contributed by atoms with E-state index < -0.39 is 10.0 Å². The number of benzene rings is 2. The molecule has 0 heterocycles. The van der Waals surface area contributed by atoms with Crippen molar-refractivity contribution in [2.24, 2.45) is 0 Å². The molecule has 0 fully saturated rings. The highest BCUT2D eigenvalue weighted by molar-refractivity contribution is 7.89. The number of aryl methyl sites for hydroxylation is 2. The molecule has 0 saturated heterocycles. The van der Waals surface area contributed by atoms with Crippen molar-refractivity contribution in [1.82, 2.24) is 4.72 Å². The van der Waals surface area contributed by atoms with E-state index in [1.807, 2.05) is 57.2 Å². The lowest BCUT2D eigenvalue weighted by atomic mass is 10.0. The monoisotopic (exact) mass is 303 g/mol. The number of sulfonamides is 1. The summed E-state index contributed by atoms with van der Waals surface area (Å²) >= 11 is 0. The quantitative estimate of drug-likeness (QED) is 0.920. The molecule has 0 unspecified atom stereocenters. The lowest BCUT2D eigenvalue weighted by Gasteiger charge is -2.14. The molecule has 2 aromatic carbocycles. The van der Waals surface area contributed by atoms with Gasteiger partial charge in [-0.05, 0) is 48.6 Å². The number of hydrogen-bond donors (Lipinski definition) is 1. The Morgan fingerprint density at radius 2 is 1.67 bits per heavy atom. The molecule has 2 aromatic rings. The fourth-order valence-electron chi connectivity index (χ4n) is 2.10. The van der Waals surface area contributed by atoms with E-state index in [-0.39, 0.29) is 5.92 Å². The Balaban J connectivity index is 2.09. The lowest BCUT2D eigenvalue weighted by molar-refractivity contribution is 0.575. The standard InChI is InChI=1S/C17H21NO2S/c1-13-9-10-17(11-14(13)2)21(19,20)18-12-15(3)16-7-5-4-6-8-16/h4-11,15,18H,12H2,1-3H3/t15-/m1/s1. The third-order valence-electron chi connectivity index (χ3n) is 3.74. The minimum absolute atomic E-state index is 0.132. The molecule has 0 aromatic heterocycles. The highest BCUT2D eigenvalue weighted by atomic mass is 32.2. The summed E-state index contributed by atoms with van der Waals surface area (Å²) in [6.45, 7) is 6.29. The van der Waals surface area contributed by atoms with Gasteiger partial charge < -0.3 is 0 Å². The Morgan fingerprint density at radius 1 is 1.00 bits per heavy atom. The van der Waals surface area contributed by atoms with Crippen molar-refractivity contribution in [1.29, 1.82) is 0 Å². The molecule has 4 heteroatoms. The van der Waals surface area contributed by atoms with Crippen LogP contribution in [0.5, 0.6) is 0 Å². The van der Waals surface area contributed by atoms with Crippen LogP contribution in [0.1, 0.15) is 29.5 Å². The second-order valence-corrected chi connectivity index (χ2v) is 7.18. The first kappa shape index (κ1) is 15.7. The zero-order valence-corrected chi connectivity index (χ0v) is 13.4. The SMILES string of the molecule is Cc1ccc(S(=O)(=O)NC[C@@H](C)c2ccccc2)cc1C. The van der Waals surface area contributed by atoms with Gasteiger partial charge in [0.1, 0.15) is 0 Å². The normalized spacial score (nSPS) is 13.1. The number of hydrogen-bond acceptors (Lipinski definition) is 2. The molecule has 0 saturated carbocycles. The van der Waals surface area contributed by atoms with Gasteiger partial charge in [0.25, 0.3) is 0 Å². The lowest BCUT2D eigenvalue weighted by Crippen LogP contribution is -2.27. The summed E-state index contributed by atoms with van der Waals surface area (Å²) in [5.41, 5.74) is 3.20. The smallest absolute Gasteiger partial charge is 0.211 e. The Hall–Kier alpha value is -1.65. The molecular weight excluding hydrogens is 282 g/mol. The third-order valence-corrected chi connectivity index (χ3v) is 5.16. The van der Waals surface area contributed by atoms with Crippen molar-refractivity contribution < 1.29 is 8.42 Å². The van der Waals surface area contributed by atoms with Crippen LogP contribution in [0, 0.1) is 13.8 Å². The molecule has 2 rings (SSSR count). The van der Waals surface area contributed by atoms with E-state index in [0.29, 0.717) is 11.4 Å². The van der Waals surface area contributed by atoms with Crippen LogP contribution in [-0.2, 0) is 10.0 Å². The number of rotatable bonds is 5. The predicted octanol–water partition coefficient (Wildman–Crippen LogP) is 3.39. The third kappa shape index (κ3) is 3.93. The van der Waals surface area contributed by atoms with Gasteiger partial charge >= 0.3 is 0 Å². The van der Waals surface area contributed by atoms with E-state index in [0.717, 1.165) is 16.7 Å². The molecule has 1 atom stereocenters.